The first-order valence-corrected chi connectivity index (χ1v) is 10.6. The van der Waals surface area contributed by atoms with E-state index < -0.39 is 0 Å². The predicted molar refractivity (Wildman–Crippen MR) is 106 cm³/mol. The summed E-state index contributed by atoms with van der Waals surface area (Å²) < 4.78 is 0. The van der Waals surface area contributed by atoms with Crippen molar-refractivity contribution in [3.63, 3.8) is 0 Å². The number of hydrogen-bond acceptors (Lipinski definition) is 2. The third-order valence-corrected chi connectivity index (χ3v) is 6.74. The number of hydrogen-bond donors (Lipinski definition) is 0. The maximum atomic E-state index is 5.17. The molecule has 0 aliphatic rings. The lowest BCUT2D eigenvalue weighted by Gasteiger charge is -2.24. The molecule has 0 atom stereocenters. The van der Waals surface area contributed by atoms with E-state index in [9.17, 15) is 0 Å². The number of aryl methyl sites for hydroxylation is 1. The van der Waals surface area contributed by atoms with Gasteiger partial charge < -0.3 is 0 Å². The normalized spacial score (nSPS) is 12.8. The summed E-state index contributed by atoms with van der Waals surface area (Å²) in [6.45, 7) is 16.4. The highest BCUT2D eigenvalue weighted by molar-refractivity contribution is 7.12. The van der Waals surface area contributed by atoms with Crippen molar-refractivity contribution in [2.45, 2.75) is 117 Å². The van der Waals surface area contributed by atoms with Crippen molar-refractivity contribution < 1.29 is 0 Å². The topological polar surface area (TPSA) is 12.9 Å². The summed E-state index contributed by atoms with van der Waals surface area (Å²) in [5.41, 5.74) is 1.90. The molecule has 23 heavy (non-hydrogen) atoms. The zero-order valence-electron chi connectivity index (χ0n) is 16.7. The molecular formula is C21H39NS. The average Bonchev–Trinajstić information content (AvgIpc) is 2.89. The molecule has 0 aromatic carbocycles. The lowest BCUT2D eigenvalue weighted by atomic mass is 9.84. The van der Waals surface area contributed by atoms with Crippen LogP contribution in [-0.2, 0) is 17.3 Å². The molecule has 0 N–H and O–H groups in total. The maximum Gasteiger partial charge on any atom is 0.0987 e. The number of rotatable bonds is 11. The van der Waals surface area contributed by atoms with E-state index in [0.29, 0.717) is 0 Å². The molecule has 0 bridgehead atoms. The molecule has 1 heterocycles. The van der Waals surface area contributed by atoms with E-state index in [1.165, 1.54) is 68.5 Å². The Bertz CT molecular complexity index is 456. The number of aromatic nitrogens is 1. The Kier molecular flexibility index (Phi) is 8.27. The summed E-state index contributed by atoms with van der Waals surface area (Å²) in [5.74, 6) is 0. The first kappa shape index (κ1) is 20.7. The third-order valence-electron chi connectivity index (χ3n) is 4.91. The first-order valence-electron chi connectivity index (χ1n) is 9.79. The van der Waals surface area contributed by atoms with Crippen LogP contribution in [0.1, 0.15) is 115 Å². The number of unbranched alkanes of at least 4 members (excludes halogenated alkanes) is 3. The monoisotopic (exact) mass is 337 g/mol. The molecule has 134 valence electrons. The van der Waals surface area contributed by atoms with Crippen LogP contribution in [0.2, 0.25) is 0 Å². The van der Waals surface area contributed by atoms with Gasteiger partial charge in [0.15, 0.2) is 0 Å². The van der Waals surface area contributed by atoms with Crippen LogP contribution >= 0.6 is 11.3 Å². The molecule has 1 aromatic heterocycles. The SMILES string of the molecule is CCCCCCc1nc(C(C)(C)CCC)sc1C(C)(C)CCC. The lowest BCUT2D eigenvalue weighted by Crippen LogP contribution is -2.17. The summed E-state index contributed by atoms with van der Waals surface area (Å²) in [4.78, 5) is 6.73. The number of thiazole rings is 1. The van der Waals surface area contributed by atoms with Crippen molar-refractivity contribution in [2.75, 3.05) is 0 Å². The molecular weight excluding hydrogens is 298 g/mol. The van der Waals surface area contributed by atoms with E-state index in [1.54, 1.807) is 4.88 Å². The van der Waals surface area contributed by atoms with Crippen LogP contribution in [0.3, 0.4) is 0 Å². The second-order valence-corrected chi connectivity index (χ2v) is 9.37. The van der Waals surface area contributed by atoms with Crippen molar-refractivity contribution in [3.05, 3.63) is 15.6 Å². The standard InChI is InChI=1S/C21H39NS/c1-8-11-12-13-14-17-18(20(4,5)15-9-2)23-19(22-17)21(6,7)16-10-3/h8-16H2,1-7H3. The molecule has 0 radical (unpaired) electrons. The van der Waals surface area contributed by atoms with Gasteiger partial charge in [0.05, 0.1) is 10.7 Å². The van der Waals surface area contributed by atoms with E-state index >= 15 is 0 Å². The zero-order chi connectivity index (χ0) is 17.5. The summed E-state index contributed by atoms with van der Waals surface area (Å²) in [6.07, 6.45) is 11.4. The highest BCUT2D eigenvalue weighted by atomic mass is 32.1. The van der Waals surface area contributed by atoms with Gasteiger partial charge in [0.2, 0.25) is 0 Å². The van der Waals surface area contributed by atoms with Gasteiger partial charge in [0, 0.05) is 15.7 Å². The molecule has 0 saturated heterocycles. The van der Waals surface area contributed by atoms with Gasteiger partial charge in [-0.3, -0.25) is 0 Å². The van der Waals surface area contributed by atoms with Crippen molar-refractivity contribution >= 4 is 11.3 Å². The fourth-order valence-electron chi connectivity index (χ4n) is 3.53. The Labute approximate surface area is 149 Å². The highest BCUT2D eigenvalue weighted by Gasteiger charge is 2.31. The van der Waals surface area contributed by atoms with Crippen LogP contribution in [0.15, 0.2) is 0 Å². The fraction of sp³-hybridized carbons (Fsp3) is 0.857. The predicted octanol–water partition coefficient (Wildman–Crippen LogP) is 7.42. The minimum Gasteiger partial charge on any atom is -0.245 e. The quantitative estimate of drug-likeness (QED) is 0.383. The second kappa shape index (κ2) is 9.20. The van der Waals surface area contributed by atoms with E-state index in [1.807, 2.05) is 11.3 Å². The molecule has 0 aliphatic heterocycles. The molecule has 0 spiro atoms. The van der Waals surface area contributed by atoms with Crippen molar-refractivity contribution in [2.24, 2.45) is 0 Å². The van der Waals surface area contributed by atoms with Gasteiger partial charge >= 0.3 is 0 Å². The average molecular weight is 338 g/mol. The van der Waals surface area contributed by atoms with Crippen molar-refractivity contribution in [3.8, 4) is 0 Å². The van der Waals surface area contributed by atoms with Gasteiger partial charge in [-0.25, -0.2) is 4.98 Å². The van der Waals surface area contributed by atoms with Crippen LogP contribution in [0.4, 0.5) is 0 Å². The molecule has 0 amide bonds. The van der Waals surface area contributed by atoms with Gasteiger partial charge in [0.25, 0.3) is 0 Å². The van der Waals surface area contributed by atoms with Crippen LogP contribution in [-0.4, -0.2) is 4.98 Å². The van der Waals surface area contributed by atoms with E-state index in [2.05, 4.69) is 48.5 Å². The molecule has 0 unspecified atom stereocenters. The smallest absolute Gasteiger partial charge is 0.0987 e. The van der Waals surface area contributed by atoms with Crippen LogP contribution in [0, 0.1) is 0 Å². The summed E-state index contributed by atoms with van der Waals surface area (Å²) in [5, 5.41) is 1.36. The Morgan fingerprint density at radius 2 is 1.39 bits per heavy atom. The first-order chi connectivity index (χ1) is 10.8. The zero-order valence-corrected chi connectivity index (χ0v) is 17.5. The summed E-state index contributed by atoms with van der Waals surface area (Å²) >= 11 is 2.01. The summed E-state index contributed by atoms with van der Waals surface area (Å²) in [7, 11) is 0. The molecule has 2 heteroatoms. The van der Waals surface area contributed by atoms with E-state index in [0.717, 1.165) is 0 Å². The van der Waals surface area contributed by atoms with Gasteiger partial charge in [-0.2, -0.15) is 0 Å². The molecule has 0 fully saturated rings. The highest BCUT2D eigenvalue weighted by Crippen LogP contribution is 2.41. The largest absolute Gasteiger partial charge is 0.245 e. The van der Waals surface area contributed by atoms with Crippen LogP contribution < -0.4 is 0 Å². The Balaban J connectivity index is 3.06. The Hall–Kier alpha value is -0.370. The van der Waals surface area contributed by atoms with Crippen LogP contribution in [0.5, 0.6) is 0 Å². The Morgan fingerprint density at radius 1 is 0.783 bits per heavy atom. The molecule has 0 saturated carbocycles. The molecule has 1 aromatic rings. The van der Waals surface area contributed by atoms with E-state index in [4.69, 9.17) is 4.98 Å². The lowest BCUT2D eigenvalue weighted by molar-refractivity contribution is 0.467. The Morgan fingerprint density at radius 3 is 1.96 bits per heavy atom. The van der Waals surface area contributed by atoms with Crippen molar-refractivity contribution in [1.82, 2.24) is 4.98 Å². The van der Waals surface area contributed by atoms with E-state index in [-0.39, 0.29) is 10.8 Å². The maximum absolute atomic E-state index is 5.17. The minimum atomic E-state index is 0.220. The molecule has 1 nitrogen and oxygen atoms in total. The number of nitrogens with zero attached hydrogens (tertiary/aromatic N) is 1. The van der Waals surface area contributed by atoms with Crippen molar-refractivity contribution in [1.29, 1.82) is 0 Å². The third kappa shape index (κ3) is 5.89. The minimum absolute atomic E-state index is 0.220. The molecule has 1 rings (SSSR count). The van der Waals surface area contributed by atoms with Gasteiger partial charge in [-0.1, -0.05) is 80.6 Å². The van der Waals surface area contributed by atoms with Gasteiger partial charge in [0.1, 0.15) is 0 Å². The second-order valence-electron chi connectivity index (χ2n) is 8.37. The van der Waals surface area contributed by atoms with Gasteiger partial charge in [-0.05, 0) is 25.7 Å². The molecule has 0 aliphatic carbocycles. The summed E-state index contributed by atoms with van der Waals surface area (Å²) in [6, 6.07) is 0. The van der Waals surface area contributed by atoms with Gasteiger partial charge in [-0.15, -0.1) is 11.3 Å². The van der Waals surface area contributed by atoms with Crippen LogP contribution in [0.25, 0.3) is 0 Å². The fourth-order valence-corrected chi connectivity index (χ4v) is 4.90.